The summed E-state index contributed by atoms with van der Waals surface area (Å²) >= 11 is 0. The van der Waals surface area contributed by atoms with Gasteiger partial charge in [-0.2, -0.15) is 0 Å². The summed E-state index contributed by atoms with van der Waals surface area (Å²) in [4.78, 5) is 12.2. The van der Waals surface area contributed by atoms with E-state index < -0.39 is 0 Å². The van der Waals surface area contributed by atoms with Crippen molar-refractivity contribution < 1.29 is 14.3 Å². The van der Waals surface area contributed by atoms with Gasteiger partial charge in [0.2, 0.25) is 5.91 Å². The first-order valence-corrected chi connectivity index (χ1v) is 8.89. The maximum Gasteiger partial charge on any atom is 0.224 e. The van der Waals surface area contributed by atoms with Crippen LogP contribution < -0.4 is 14.8 Å². The second kappa shape index (κ2) is 9.72. The fourth-order valence-electron chi connectivity index (χ4n) is 2.55. The SMILES string of the molecule is CCOc1ccc(CNC(=O)Cc2ccc(CC)cc2)cc1OCC. The predicted octanol–water partition coefficient (Wildman–Crippen LogP) is 3.91. The third kappa shape index (κ3) is 5.82. The highest BCUT2D eigenvalue weighted by Gasteiger charge is 2.08. The quantitative estimate of drug-likeness (QED) is 0.752. The van der Waals surface area contributed by atoms with Crippen LogP contribution in [0.1, 0.15) is 37.5 Å². The molecule has 0 aliphatic rings. The fourth-order valence-corrected chi connectivity index (χ4v) is 2.55. The van der Waals surface area contributed by atoms with E-state index in [0.717, 1.165) is 23.3 Å². The highest BCUT2D eigenvalue weighted by molar-refractivity contribution is 5.78. The van der Waals surface area contributed by atoms with Gasteiger partial charge in [-0.25, -0.2) is 0 Å². The Balaban J connectivity index is 1.92. The first-order chi connectivity index (χ1) is 12.2. The van der Waals surface area contributed by atoms with Crippen LogP contribution in [-0.4, -0.2) is 19.1 Å². The minimum Gasteiger partial charge on any atom is -0.490 e. The number of carbonyl (C=O) groups is 1. The number of carbonyl (C=O) groups excluding carboxylic acids is 1. The third-order valence-corrected chi connectivity index (χ3v) is 3.89. The van der Waals surface area contributed by atoms with Crippen LogP contribution in [-0.2, 0) is 24.2 Å². The van der Waals surface area contributed by atoms with Crippen molar-refractivity contribution in [2.75, 3.05) is 13.2 Å². The predicted molar refractivity (Wildman–Crippen MR) is 100 cm³/mol. The first kappa shape index (κ1) is 18.8. The highest BCUT2D eigenvalue weighted by Crippen LogP contribution is 2.28. The van der Waals surface area contributed by atoms with Crippen molar-refractivity contribution in [3.05, 3.63) is 59.2 Å². The molecule has 134 valence electrons. The molecule has 0 spiro atoms. The van der Waals surface area contributed by atoms with Crippen molar-refractivity contribution in [1.82, 2.24) is 5.32 Å². The van der Waals surface area contributed by atoms with Crippen molar-refractivity contribution in [3.63, 3.8) is 0 Å². The van der Waals surface area contributed by atoms with Crippen LogP contribution in [0.4, 0.5) is 0 Å². The topological polar surface area (TPSA) is 47.6 Å². The number of aryl methyl sites for hydroxylation is 1. The van der Waals surface area contributed by atoms with Crippen LogP contribution in [0, 0.1) is 0 Å². The van der Waals surface area contributed by atoms with E-state index in [1.54, 1.807) is 0 Å². The lowest BCUT2D eigenvalue weighted by molar-refractivity contribution is -0.120. The Bertz CT molecular complexity index is 680. The summed E-state index contributed by atoms with van der Waals surface area (Å²) in [5.74, 6) is 1.46. The Morgan fingerprint density at radius 2 is 1.44 bits per heavy atom. The molecule has 0 bridgehead atoms. The lowest BCUT2D eigenvalue weighted by Crippen LogP contribution is -2.24. The molecule has 0 aromatic heterocycles. The van der Waals surface area contributed by atoms with Crippen LogP contribution in [0.2, 0.25) is 0 Å². The molecule has 4 heteroatoms. The van der Waals surface area contributed by atoms with E-state index in [2.05, 4.69) is 24.4 Å². The Hall–Kier alpha value is -2.49. The number of hydrogen-bond acceptors (Lipinski definition) is 3. The summed E-state index contributed by atoms with van der Waals surface area (Å²) in [7, 11) is 0. The zero-order valence-corrected chi connectivity index (χ0v) is 15.3. The summed E-state index contributed by atoms with van der Waals surface area (Å²) < 4.78 is 11.2. The minimum atomic E-state index is 0.0103. The van der Waals surface area contributed by atoms with E-state index in [0.29, 0.717) is 31.9 Å². The van der Waals surface area contributed by atoms with E-state index >= 15 is 0 Å². The number of nitrogens with one attached hydrogen (secondary N) is 1. The molecule has 2 rings (SSSR count). The average molecular weight is 341 g/mol. The Kier molecular flexibility index (Phi) is 7.33. The molecule has 0 atom stereocenters. The van der Waals surface area contributed by atoms with Gasteiger partial charge in [0.15, 0.2) is 11.5 Å². The number of hydrogen-bond donors (Lipinski definition) is 1. The molecule has 25 heavy (non-hydrogen) atoms. The third-order valence-electron chi connectivity index (χ3n) is 3.89. The second-order valence-corrected chi connectivity index (χ2v) is 5.77. The number of ether oxygens (including phenoxy) is 2. The molecular formula is C21H27NO3. The van der Waals surface area contributed by atoms with Crippen LogP contribution in [0.5, 0.6) is 11.5 Å². The summed E-state index contributed by atoms with van der Waals surface area (Å²) in [6.45, 7) is 7.63. The van der Waals surface area contributed by atoms with Gasteiger partial charge in [0, 0.05) is 6.54 Å². The van der Waals surface area contributed by atoms with Gasteiger partial charge < -0.3 is 14.8 Å². The molecule has 0 heterocycles. The molecule has 2 aromatic carbocycles. The Morgan fingerprint density at radius 3 is 2.08 bits per heavy atom. The minimum absolute atomic E-state index is 0.0103. The van der Waals surface area contributed by atoms with Gasteiger partial charge >= 0.3 is 0 Å². The normalized spacial score (nSPS) is 10.4. The van der Waals surface area contributed by atoms with Crippen molar-refractivity contribution in [2.45, 2.75) is 40.2 Å². The Labute approximate surface area is 150 Å². The van der Waals surface area contributed by atoms with Crippen molar-refractivity contribution in [3.8, 4) is 11.5 Å². The van der Waals surface area contributed by atoms with Gasteiger partial charge in [0.1, 0.15) is 0 Å². The first-order valence-electron chi connectivity index (χ1n) is 8.89. The summed E-state index contributed by atoms with van der Waals surface area (Å²) in [6, 6.07) is 13.9. The second-order valence-electron chi connectivity index (χ2n) is 5.77. The van der Waals surface area contributed by atoms with E-state index in [4.69, 9.17) is 9.47 Å². The lowest BCUT2D eigenvalue weighted by atomic mass is 10.1. The fraction of sp³-hybridized carbons (Fsp3) is 0.381. The highest BCUT2D eigenvalue weighted by atomic mass is 16.5. The van der Waals surface area contributed by atoms with Crippen LogP contribution >= 0.6 is 0 Å². The van der Waals surface area contributed by atoms with Crippen molar-refractivity contribution in [1.29, 1.82) is 0 Å². The van der Waals surface area contributed by atoms with E-state index in [1.165, 1.54) is 5.56 Å². The monoisotopic (exact) mass is 341 g/mol. The molecule has 0 aliphatic carbocycles. The summed E-state index contributed by atoms with van der Waals surface area (Å²) in [5, 5.41) is 2.96. The smallest absolute Gasteiger partial charge is 0.224 e. The molecule has 0 radical (unpaired) electrons. The molecule has 0 saturated heterocycles. The molecule has 1 N–H and O–H groups in total. The molecule has 2 aromatic rings. The van der Waals surface area contributed by atoms with Crippen molar-refractivity contribution in [2.24, 2.45) is 0 Å². The molecule has 0 aliphatic heterocycles. The number of amides is 1. The Morgan fingerprint density at radius 1 is 0.840 bits per heavy atom. The number of benzene rings is 2. The molecule has 4 nitrogen and oxygen atoms in total. The number of rotatable bonds is 9. The molecular weight excluding hydrogens is 314 g/mol. The molecule has 0 unspecified atom stereocenters. The van der Waals surface area contributed by atoms with E-state index in [9.17, 15) is 4.79 Å². The zero-order chi connectivity index (χ0) is 18.1. The maximum absolute atomic E-state index is 12.2. The van der Waals surface area contributed by atoms with Crippen LogP contribution in [0.15, 0.2) is 42.5 Å². The lowest BCUT2D eigenvalue weighted by Gasteiger charge is -2.13. The molecule has 1 amide bonds. The molecule has 0 fully saturated rings. The average Bonchev–Trinajstić information content (AvgIpc) is 2.63. The van der Waals surface area contributed by atoms with Gasteiger partial charge in [-0.15, -0.1) is 0 Å². The van der Waals surface area contributed by atoms with Crippen molar-refractivity contribution >= 4 is 5.91 Å². The maximum atomic E-state index is 12.2. The molecule has 0 saturated carbocycles. The summed E-state index contributed by atoms with van der Waals surface area (Å²) in [6.07, 6.45) is 1.39. The van der Waals surface area contributed by atoms with Crippen LogP contribution in [0.25, 0.3) is 0 Å². The van der Waals surface area contributed by atoms with E-state index in [-0.39, 0.29) is 5.91 Å². The standard InChI is InChI=1S/C21H27NO3/c1-4-16-7-9-17(10-8-16)14-21(23)22-15-18-11-12-19(24-5-2)20(13-18)25-6-3/h7-13H,4-6,14-15H2,1-3H3,(H,22,23). The van der Waals surface area contributed by atoms with Gasteiger partial charge in [-0.1, -0.05) is 37.3 Å². The van der Waals surface area contributed by atoms with Gasteiger partial charge in [0.05, 0.1) is 19.6 Å². The summed E-state index contributed by atoms with van der Waals surface area (Å²) in [5.41, 5.74) is 3.29. The van der Waals surface area contributed by atoms with E-state index in [1.807, 2.05) is 44.2 Å². The zero-order valence-electron chi connectivity index (χ0n) is 15.3. The van der Waals surface area contributed by atoms with Gasteiger partial charge in [0.25, 0.3) is 0 Å². The van der Waals surface area contributed by atoms with Gasteiger partial charge in [-0.3, -0.25) is 4.79 Å². The van der Waals surface area contributed by atoms with Crippen LogP contribution in [0.3, 0.4) is 0 Å². The largest absolute Gasteiger partial charge is 0.490 e. The van der Waals surface area contributed by atoms with Gasteiger partial charge in [-0.05, 0) is 49.1 Å².